The van der Waals surface area contributed by atoms with Gasteiger partial charge in [0.1, 0.15) is 0 Å². The molecule has 0 spiro atoms. The van der Waals surface area contributed by atoms with Gasteiger partial charge in [-0.3, -0.25) is 4.79 Å². The normalized spacial score (nSPS) is 11.0. The molecule has 0 saturated carbocycles. The van der Waals surface area contributed by atoms with E-state index in [2.05, 4.69) is 6.58 Å². The van der Waals surface area contributed by atoms with Gasteiger partial charge in [0.25, 0.3) is 0 Å². The van der Waals surface area contributed by atoms with E-state index in [1.165, 1.54) is 21.2 Å². The molecule has 0 aliphatic carbocycles. The standard InChI is InChI=1S/C11H19IO5S/c1-3-16-10(2)6-4-8-17-11(13)7-5-9-18(12,14)15/h2-9H2,1H3. The van der Waals surface area contributed by atoms with Gasteiger partial charge in [0.05, 0.1) is 45.9 Å². The van der Waals surface area contributed by atoms with E-state index in [0.717, 1.165) is 0 Å². The van der Waals surface area contributed by atoms with E-state index in [-0.39, 0.29) is 18.1 Å². The van der Waals surface area contributed by atoms with Gasteiger partial charge in [0.2, 0.25) is 7.01 Å². The SMILES string of the molecule is C=C(CCCOC(=O)CCCS(=O)(=O)I)OCC. The zero-order valence-corrected chi connectivity index (χ0v) is 13.5. The highest BCUT2D eigenvalue weighted by Gasteiger charge is 2.08. The Hall–Kier alpha value is -0.310. The smallest absolute Gasteiger partial charge is 0.305 e. The Morgan fingerprint density at radius 1 is 1.22 bits per heavy atom. The average molecular weight is 390 g/mol. The number of esters is 1. The number of rotatable bonds is 10. The van der Waals surface area contributed by atoms with Crippen LogP contribution in [0.2, 0.25) is 0 Å². The molecular formula is C11H19IO5S. The Balaban J connectivity index is 3.51. The second-order valence-electron chi connectivity index (χ2n) is 3.64. The summed E-state index contributed by atoms with van der Waals surface area (Å²) < 4.78 is 31.7. The van der Waals surface area contributed by atoms with Crippen LogP contribution in [0, 0.1) is 0 Å². The van der Waals surface area contributed by atoms with Gasteiger partial charge >= 0.3 is 5.97 Å². The summed E-state index contributed by atoms with van der Waals surface area (Å²) in [6.07, 6.45) is 1.75. The molecule has 0 radical (unpaired) electrons. The van der Waals surface area contributed by atoms with Gasteiger partial charge in [0.15, 0.2) is 0 Å². The Bertz CT molecular complexity index is 364. The van der Waals surface area contributed by atoms with Crippen LogP contribution in [0.4, 0.5) is 0 Å². The van der Waals surface area contributed by atoms with Crippen LogP contribution in [0.5, 0.6) is 0 Å². The number of carbonyl (C=O) groups excluding carboxylic acids is 1. The molecule has 5 nitrogen and oxygen atoms in total. The molecule has 0 atom stereocenters. The number of carbonyl (C=O) groups is 1. The molecule has 106 valence electrons. The van der Waals surface area contributed by atoms with Crippen molar-refractivity contribution < 1.29 is 22.7 Å². The molecule has 0 aromatic rings. The Labute approximate surface area is 120 Å². The maximum Gasteiger partial charge on any atom is 0.305 e. The quantitative estimate of drug-likeness (QED) is 0.188. The van der Waals surface area contributed by atoms with E-state index in [1.54, 1.807) is 0 Å². The van der Waals surface area contributed by atoms with Crippen LogP contribution >= 0.6 is 21.2 Å². The molecule has 0 heterocycles. The molecule has 0 aliphatic heterocycles. The number of halogens is 1. The van der Waals surface area contributed by atoms with Gasteiger partial charge in [-0.05, 0) is 19.8 Å². The maximum absolute atomic E-state index is 11.2. The lowest BCUT2D eigenvalue weighted by Gasteiger charge is -2.07. The fourth-order valence-corrected chi connectivity index (χ4v) is 2.62. The first-order chi connectivity index (χ1) is 8.35. The first-order valence-electron chi connectivity index (χ1n) is 5.73. The molecule has 0 aromatic carbocycles. The van der Waals surface area contributed by atoms with E-state index < -0.39 is 7.01 Å². The molecule has 0 unspecified atom stereocenters. The second-order valence-corrected chi connectivity index (χ2v) is 9.15. The Kier molecular flexibility index (Phi) is 9.43. The van der Waals surface area contributed by atoms with E-state index in [9.17, 15) is 13.2 Å². The minimum Gasteiger partial charge on any atom is -0.499 e. The van der Waals surface area contributed by atoms with Crippen LogP contribution in [-0.4, -0.2) is 33.4 Å². The lowest BCUT2D eigenvalue weighted by Crippen LogP contribution is -2.08. The minimum atomic E-state index is -3.03. The largest absolute Gasteiger partial charge is 0.499 e. The van der Waals surface area contributed by atoms with Crippen LogP contribution in [0.15, 0.2) is 12.3 Å². The lowest BCUT2D eigenvalue weighted by atomic mass is 10.3. The van der Waals surface area contributed by atoms with Crippen LogP contribution in [0.25, 0.3) is 0 Å². The van der Waals surface area contributed by atoms with E-state index in [4.69, 9.17) is 9.47 Å². The molecular weight excluding hydrogens is 371 g/mol. The van der Waals surface area contributed by atoms with E-state index in [1.807, 2.05) is 6.92 Å². The van der Waals surface area contributed by atoms with Gasteiger partial charge in [0, 0.05) is 12.8 Å². The van der Waals surface area contributed by atoms with Crippen LogP contribution in [0.1, 0.15) is 32.6 Å². The average Bonchev–Trinajstić information content (AvgIpc) is 2.23. The highest BCUT2D eigenvalue weighted by atomic mass is 127. The third-order valence-electron chi connectivity index (χ3n) is 1.98. The zero-order valence-electron chi connectivity index (χ0n) is 10.5. The third kappa shape index (κ3) is 12.2. The first-order valence-corrected chi connectivity index (χ1v) is 9.93. The van der Waals surface area contributed by atoms with Gasteiger partial charge in [-0.15, -0.1) is 0 Å². The fourth-order valence-electron chi connectivity index (χ4n) is 1.19. The summed E-state index contributed by atoms with van der Waals surface area (Å²) >= 11 is 1.37. The summed E-state index contributed by atoms with van der Waals surface area (Å²) in [7, 11) is -3.03. The van der Waals surface area contributed by atoms with Crippen molar-refractivity contribution in [2.75, 3.05) is 19.0 Å². The molecule has 0 amide bonds. The van der Waals surface area contributed by atoms with Crippen molar-refractivity contribution in [1.82, 2.24) is 0 Å². The molecule has 18 heavy (non-hydrogen) atoms. The monoisotopic (exact) mass is 390 g/mol. The maximum atomic E-state index is 11.2. The van der Waals surface area contributed by atoms with Crippen LogP contribution in [-0.2, 0) is 21.3 Å². The van der Waals surface area contributed by atoms with Crippen molar-refractivity contribution in [1.29, 1.82) is 0 Å². The molecule has 0 saturated heterocycles. The zero-order chi connectivity index (χ0) is 14.0. The van der Waals surface area contributed by atoms with Crippen LogP contribution in [0.3, 0.4) is 0 Å². The van der Waals surface area contributed by atoms with Crippen molar-refractivity contribution in [3.05, 3.63) is 12.3 Å². The highest BCUT2D eigenvalue weighted by Crippen LogP contribution is 2.07. The molecule has 0 N–H and O–H groups in total. The third-order valence-corrected chi connectivity index (χ3v) is 4.08. The topological polar surface area (TPSA) is 69.7 Å². The number of ether oxygens (including phenoxy) is 2. The summed E-state index contributed by atoms with van der Waals surface area (Å²) in [6, 6.07) is 0. The van der Waals surface area contributed by atoms with Gasteiger partial charge in [-0.2, -0.15) is 0 Å². The number of hydrogen-bond donors (Lipinski definition) is 0. The van der Waals surface area contributed by atoms with E-state index >= 15 is 0 Å². The van der Waals surface area contributed by atoms with Crippen molar-refractivity contribution >= 4 is 34.2 Å². The molecule has 0 bridgehead atoms. The van der Waals surface area contributed by atoms with Gasteiger partial charge in [-0.25, -0.2) is 8.42 Å². The molecule has 0 fully saturated rings. The number of allylic oxidation sites excluding steroid dienone is 1. The van der Waals surface area contributed by atoms with Gasteiger partial charge in [-0.1, -0.05) is 6.58 Å². The first kappa shape index (κ1) is 17.7. The van der Waals surface area contributed by atoms with Crippen molar-refractivity contribution in [2.45, 2.75) is 32.6 Å². The lowest BCUT2D eigenvalue weighted by molar-refractivity contribution is -0.143. The Morgan fingerprint density at radius 3 is 2.44 bits per heavy atom. The molecule has 7 heteroatoms. The Morgan fingerprint density at radius 2 is 1.89 bits per heavy atom. The molecule has 0 aromatic heterocycles. The fraction of sp³-hybridized carbons (Fsp3) is 0.727. The minimum absolute atomic E-state index is 0.00378. The molecule has 0 rings (SSSR count). The summed E-state index contributed by atoms with van der Waals surface area (Å²) in [5, 5.41) is 0. The predicted octanol–water partition coefficient (Wildman–Crippen LogP) is 2.41. The van der Waals surface area contributed by atoms with E-state index in [0.29, 0.717) is 38.2 Å². The summed E-state index contributed by atoms with van der Waals surface area (Å²) in [4.78, 5) is 11.2. The summed E-state index contributed by atoms with van der Waals surface area (Å²) in [6.45, 7) is 6.48. The summed E-state index contributed by atoms with van der Waals surface area (Å²) in [5.41, 5.74) is 0. The summed E-state index contributed by atoms with van der Waals surface area (Å²) in [5.74, 6) is 0.325. The highest BCUT2D eigenvalue weighted by molar-refractivity contribution is 14.2. The predicted molar refractivity (Wildman–Crippen MR) is 78.0 cm³/mol. The van der Waals surface area contributed by atoms with Gasteiger partial charge < -0.3 is 9.47 Å². The van der Waals surface area contributed by atoms with Crippen molar-refractivity contribution in [3.63, 3.8) is 0 Å². The van der Waals surface area contributed by atoms with Crippen molar-refractivity contribution in [3.8, 4) is 0 Å². The van der Waals surface area contributed by atoms with Crippen LogP contribution < -0.4 is 0 Å². The molecule has 0 aliphatic rings. The second kappa shape index (κ2) is 9.60. The number of hydrogen-bond acceptors (Lipinski definition) is 5. The van der Waals surface area contributed by atoms with Crippen molar-refractivity contribution in [2.24, 2.45) is 0 Å².